The van der Waals surface area contributed by atoms with Crippen molar-refractivity contribution in [3.8, 4) is 0 Å². The summed E-state index contributed by atoms with van der Waals surface area (Å²) < 4.78 is 31.9. The van der Waals surface area contributed by atoms with Crippen LogP contribution in [0.5, 0.6) is 0 Å². The number of hydrogen-bond donors (Lipinski definition) is 1. The van der Waals surface area contributed by atoms with Crippen molar-refractivity contribution >= 4 is 15.9 Å². The Morgan fingerprint density at radius 3 is 2.41 bits per heavy atom. The largest absolute Gasteiger partial charge is 0.383 e. The summed E-state index contributed by atoms with van der Waals surface area (Å²) in [5.41, 5.74) is 1.29. The van der Waals surface area contributed by atoms with Gasteiger partial charge >= 0.3 is 0 Å². The van der Waals surface area contributed by atoms with Crippen LogP contribution in [0, 0.1) is 0 Å². The first-order chi connectivity index (χ1) is 13.0. The van der Waals surface area contributed by atoms with E-state index in [1.807, 2.05) is 0 Å². The molecule has 2 aromatic rings. The molecule has 0 aliphatic rings. The van der Waals surface area contributed by atoms with Crippen LogP contribution < -0.4 is 5.32 Å². The first-order valence-corrected chi connectivity index (χ1v) is 9.95. The Morgan fingerprint density at radius 2 is 1.81 bits per heavy atom. The minimum atomic E-state index is -3.63. The van der Waals surface area contributed by atoms with Crippen molar-refractivity contribution in [3.05, 3.63) is 78.4 Å². The van der Waals surface area contributed by atoms with E-state index in [0.29, 0.717) is 18.7 Å². The molecule has 0 radical (unpaired) electrons. The highest BCUT2D eigenvalue weighted by atomic mass is 32.2. The number of nitrogens with one attached hydrogen (secondary N) is 1. The Morgan fingerprint density at radius 1 is 1.15 bits per heavy atom. The zero-order chi connectivity index (χ0) is 19.7. The lowest BCUT2D eigenvalue weighted by Crippen LogP contribution is -2.31. The van der Waals surface area contributed by atoms with Crippen molar-refractivity contribution in [3.63, 3.8) is 0 Å². The van der Waals surface area contributed by atoms with Gasteiger partial charge in [-0.25, -0.2) is 8.42 Å². The van der Waals surface area contributed by atoms with Crippen molar-refractivity contribution < 1.29 is 17.9 Å². The highest BCUT2D eigenvalue weighted by Gasteiger charge is 2.23. The van der Waals surface area contributed by atoms with Crippen molar-refractivity contribution in [2.45, 2.75) is 11.4 Å². The summed E-state index contributed by atoms with van der Waals surface area (Å²) >= 11 is 0. The third-order valence-electron chi connectivity index (χ3n) is 3.88. The van der Waals surface area contributed by atoms with E-state index in [1.54, 1.807) is 67.8 Å². The molecule has 0 atom stereocenters. The molecular formula is C20H24N2O4S. The molecule has 0 spiro atoms. The van der Waals surface area contributed by atoms with Crippen molar-refractivity contribution in [1.82, 2.24) is 9.62 Å². The van der Waals surface area contributed by atoms with Crippen LogP contribution in [0.15, 0.2) is 72.1 Å². The van der Waals surface area contributed by atoms with Crippen molar-refractivity contribution in [1.29, 1.82) is 0 Å². The first kappa shape index (κ1) is 20.8. The third-order valence-corrected chi connectivity index (χ3v) is 5.71. The third kappa shape index (κ3) is 5.75. The molecule has 0 aliphatic heterocycles. The molecule has 0 unspecified atom stereocenters. The van der Waals surface area contributed by atoms with E-state index in [9.17, 15) is 13.2 Å². The quantitative estimate of drug-likeness (QED) is 0.501. The molecule has 2 rings (SSSR count). The lowest BCUT2D eigenvalue weighted by Gasteiger charge is -2.21. The molecule has 27 heavy (non-hydrogen) atoms. The highest BCUT2D eigenvalue weighted by Crippen LogP contribution is 2.18. The molecule has 2 aromatic carbocycles. The summed E-state index contributed by atoms with van der Waals surface area (Å²) in [7, 11) is -2.07. The maximum Gasteiger partial charge on any atom is 0.251 e. The van der Waals surface area contributed by atoms with Gasteiger partial charge in [-0.3, -0.25) is 4.79 Å². The maximum absolute atomic E-state index is 12.9. The molecule has 0 saturated heterocycles. The van der Waals surface area contributed by atoms with Crippen LogP contribution >= 0.6 is 0 Å². The van der Waals surface area contributed by atoms with E-state index in [-0.39, 0.29) is 23.9 Å². The van der Waals surface area contributed by atoms with Crippen molar-refractivity contribution in [2.75, 3.05) is 26.8 Å². The summed E-state index contributed by atoms with van der Waals surface area (Å²) in [6, 6.07) is 15.2. The highest BCUT2D eigenvalue weighted by molar-refractivity contribution is 7.89. The molecule has 7 heteroatoms. The molecule has 0 bridgehead atoms. The molecule has 1 N–H and O–H groups in total. The minimum Gasteiger partial charge on any atom is -0.383 e. The Balaban J connectivity index is 2.12. The van der Waals surface area contributed by atoms with Crippen LogP contribution in [-0.2, 0) is 21.3 Å². The average molecular weight is 388 g/mol. The smallest absolute Gasteiger partial charge is 0.251 e. The van der Waals surface area contributed by atoms with Crippen LogP contribution in [0.1, 0.15) is 15.9 Å². The standard InChI is InChI=1S/C20H24N2O4S/c1-3-14-22(27(24,25)19-7-5-4-6-8-19)16-17-9-11-18(12-10-17)20(23)21-13-15-26-2/h3-12H,1,13-16H2,2H3,(H,21,23). The molecule has 0 saturated carbocycles. The van der Waals surface area contributed by atoms with E-state index in [4.69, 9.17) is 4.74 Å². The minimum absolute atomic E-state index is 0.189. The number of nitrogens with zero attached hydrogens (tertiary/aromatic N) is 1. The summed E-state index contributed by atoms with van der Waals surface area (Å²) in [6.45, 7) is 4.91. The normalized spacial score (nSPS) is 11.3. The number of hydrogen-bond acceptors (Lipinski definition) is 4. The van der Waals surface area contributed by atoms with Crippen LogP contribution in [0.4, 0.5) is 0 Å². The molecule has 0 heterocycles. The van der Waals surface area contributed by atoms with Crippen molar-refractivity contribution in [2.24, 2.45) is 0 Å². The van der Waals surface area contributed by atoms with E-state index in [1.165, 1.54) is 4.31 Å². The summed E-state index contributed by atoms with van der Waals surface area (Å²) in [5.74, 6) is -0.196. The number of methoxy groups -OCH3 is 1. The fraction of sp³-hybridized carbons (Fsp3) is 0.250. The van der Waals surface area contributed by atoms with E-state index in [2.05, 4.69) is 11.9 Å². The zero-order valence-electron chi connectivity index (χ0n) is 15.3. The summed E-state index contributed by atoms with van der Waals surface area (Å²) in [5, 5.41) is 2.74. The Hall–Kier alpha value is -2.48. The van der Waals surface area contributed by atoms with Crippen LogP contribution in [0.2, 0.25) is 0 Å². The average Bonchev–Trinajstić information content (AvgIpc) is 2.69. The van der Waals surface area contributed by atoms with Gasteiger partial charge < -0.3 is 10.1 Å². The van der Waals surface area contributed by atoms with E-state index in [0.717, 1.165) is 5.56 Å². The number of sulfonamides is 1. The van der Waals surface area contributed by atoms with Gasteiger partial charge in [0.1, 0.15) is 0 Å². The number of benzene rings is 2. The summed E-state index contributed by atoms with van der Waals surface area (Å²) in [4.78, 5) is 12.3. The van der Waals surface area contributed by atoms with Gasteiger partial charge in [0, 0.05) is 32.3 Å². The van der Waals surface area contributed by atoms with Gasteiger partial charge in [-0.05, 0) is 29.8 Å². The number of carbonyl (C=O) groups excluding carboxylic acids is 1. The van der Waals surface area contributed by atoms with E-state index >= 15 is 0 Å². The number of carbonyl (C=O) groups is 1. The lowest BCUT2D eigenvalue weighted by molar-refractivity contribution is 0.0937. The Labute approximate surface area is 160 Å². The van der Waals surface area contributed by atoms with Crippen LogP contribution in [0.3, 0.4) is 0 Å². The molecule has 1 amide bonds. The molecule has 6 nitrogen and oxygen atoms in total. The molecule has 0 fully saturated rings. The molecule has 0 aliphatic carbocycles. The van der Waals surface area contributed by atoms with E-state index < -0.39 is 10.0 Å². The second-order valence-corrected chi connectivity index (χ2v) is 7.78. The fourth-order valence-corrected chi connectivity index (χ4v) is 3.89. The Bertz CT molecular complexity index is 849. The van der Waals surface area contributed by atoms with Gasteiger partial charge in [0.05, 0.1) is 11.5 Å². The Kier molecular flexibility index (Phi) is 7.72. The predicted octanol–water partition coefficient (Wildman–Crippen LogP) is 2.44. The van der Waals surface area contributed by atoms with Gasteiger partial charge in [0.15, 0.2) is 0 Å². The number of rotatable bonds is 10. The van der Waals surface area contributed by atoms with Gasteiger partial charge in [0.2, 0.25) is 10.0 Å². The molecule has 144 valence electrons. The number of ether oxygens (including phenoxy) is 1. The topological polar surface area (TPSA) is 75.7 Å². The predicted molar refractivity (Wildman–Crippen MR) is 105 cm³/mol. The van der Waals surface area contributed by atoms with Gasteiger partial charge in [-0.2, -0.15) is 4.31 Å². The second kappa shape index (κ2) is 10.0. The van der Waals surface area contributed by atoms with Gasteiger partial charge in [-0.15, -0.1) is 6.58 Å². The monoisotopic (exact) mass is 388 g/mol. The SMILES string of the molecule is C=CCN(Cc1ccc(C(=O)NCCOC)cc1)S(=O)(=O)c1ccccc1. The fourth-order valence-electron chi connectivity index (χ4n) is 2.47. The van der Waals surface area contributed by atoms with Gasteiger partial charge in [-0.1, -0.05) is 36.4 Å². The summed E-state index contributed by atoms with van der Waals surface area (Å²) in [6.07, 6.45) is 1.55. The van der Waals surface area contributed by atoms with Crippen LogP contribution in [0.25, 0.3) is 0 Å². The maximum atomic E-state index is 12.9. The van der Waals surface area contributed by atoms with Gasteiger partial charge in [0.25, 0.3) is 5.91 Å². The van der Waals surface area contributed by atoms with Crippen LogP contribution in [-0.4, -0.2) is 45.4 Å². The lowest BCUT2D eigenvalue weighted by atomic mass is 10.1. The zero-order valence-corrected chi connectivity index (χ0v) is 16.1. The first-order valence-electron chi connectivity index (χ1n) is 8.51. The molecular weight excluding hydrogens is 364 g/mol. The molecule has 0 aromatic heterocycles. The second-order valence-electron chi connectivity index (χ2n) is 5.84. The number of amides is 1.